The smallest absolute Gasteiger partial charge is 0.340 e. The molecule has 2 aromatic heterocycles. The van der Waals surface area contributed by atoms with Crippen LogP contribution in [0.5, 0.6) is 0 Å². The van der Waals surface area contributed by atoms with Crippen LogP contribution in [0.15, 0.2) is 67.1 Å². The van der Waals surface area contributed by atoms with E-state index in [-0.39, 0.29) is 6.61 Å². The zero-order valence-corrected chi connectivity index (χ0v) is 16.3. The molecule has 2 heterocycles. The monoisotopic (exact) mass is 400 g/mol. The van der Waals surface area contributed by atoms with E-state index in [4.69, 9.17) is 10.5 Å². The molecule has 2 aromatic carbocycles. The molecule has 8 nitrogen and oxygen atoms in total. The van der Waals surface area contributed by atoms with Crippen molar-refractivity contribution in [3.8, 4) is 0 Å². The van der Waals surface area contributed by atoms with Crippen molar-refractivity contribution < 1.29 is 9.53 Å². The summed E-state index contributed by atoms with van der Waals surface area (Å²) >= 11 is 0. The summed E-state index contributed by atoms with van der Waals surface area (Å²) in [6, 6.07) is 16.7. The molecule has 0 atom stereocenters. The highest BCUT2D eigenvalue weighted by atomic mass is 16.5. The number of nitrogens with two attached hydrogens (primary N) is 1. The van der Waals surface area contributed by atoms with Gasteiger partial charge >= 0.3 is 5.97 Å². The van der Waals surface area contributed by atoms with Crippen molar-refractivity contribution in [2.45, 2.75) is 6.92 Å². The Morgan fingerprint density at radius 3 is 2.43 bits per heavy atom. The van der Waals surface area contributed by atoms with E-state index in [0.717, 1.165) is 16.6 Å². The van der Waals surface area contributed by atoms with Crippen molar-refractivity contribution in [3.05, 3.63) is 72.7 Å². The fourth-order valence-electron chi connectivity index (χ4n) is 3.03. The molecule has 0 aliphatic carbocycles. The second-order valence-electron chi connectivity index (χ2n) is 6.38. The average molecular weight is 400 g/mol. The molecule has 0 saturated heterocycles. The standard InChI is InChI=1S/C22H20N6O2/c1-2-30-22(29)15-9-3-4-10-16(15)27-20-18(23)21(26-13-25-20)28-17-11-5-7-14-8-6-12-24-19(14)17/h3-13H,2,23H2,1H3,(H2,25,26,27,28). The Bertz CT molecular complexity index is 1210. The lowest BCUT2D eigenvalue weighted by Crippen LogP contribution is -2.10. The third-order valence-corrected chi connectivity index (χ3v) is 4.45. The number of aromatic nitrogens is 3. The molecule has 150 valence electrons. The Morgan fingerprint density at radius 1 is 0.933 bits per heavy atom. The van der Waals surface area contributed by atoms with E-state index in [1.54, 1.807) is 31.3 Å². The minimum Gasteiger partial charge on any atom is -0.462 e. The SMILES string of the molecule is CCOC(=O)c1ccccc1Nc1ncnc(Nc2cccc3cccnc23)c1N. The van der Waals surface area contributed by atoms with Gasteiger partial charge in [0.05, 0.1) is 29.1 Å². The fourth-order valence-corrected chi connectivity index (χ4v) is 3.03. The van der Waals surface area contributed by atoms with Crippen molar-refractivity contribution in [3.63, 3.8) is 0 Å². The van der Waals surface area contributed by atoms with Crippen LogP contribution in [0, 0.1) is 0 Å². The maximum absolute atomic E-state index is 12.2. The maximum atomic E-state index is 12.2. The van der Waals surface area contributed by atoms with Gasteiger partial charge in [0.2, 0.25) is 0 Å². The molecule has 0 saturated carbocycles. The molecule has 0 amide bonds. The lowest BCUT2D eigenvalue weighted by molar-refractivity contribution is 0.0527. The van der Waals surface area contributed by atoms with E-state index in [2.05, 4.69) is 25.6 Å². The van der Waals surface area contributed by atoms with Gasteiger partial charge in [-0.3, -0.25) is 4.98 Å². The van der Waals surface area contributed by atoms with Gasteiger partial charge in [-0.05, 0) is 31.2 Å². The lowest BCUT2D eigenvalue weighted by atomic mass is 10.1. The van der Waals surface area contributed by atoms with Gasteiger partial charge in [-0.25, -0.2) is 14.8 Å². The molecule has 4 N–H and O–H groups in total. The summed E-state index contributed by atoms with van der Waals surface area (Å²) in [4.78, 5) is 25.2. The summed E-state index contributed by atoms with van der Waals surface area (Å²) in [5, 5.41) is 7.34. The first kappa shape index (κ1) is 19.1. The van der Waals surface area contributed by atoms with E-state index in [9.17, 15) is 4.79 Å². The van der Waals surface area contributed by atoms with E-state index in [1.807, 2.05) is 36.4 Å². The number of hydrogen-bond donors (Lipinski definition) is 3. The van der Waals surface area contributed by atoms with Gasteiger partial charge in [0, 0.05) is 11.6 Å². The van der Waals surface area contributed by atoms with Gasteiger partial charge < -0.3 is 21.1 Å². The second-order valence-corrected chi connectivity index (χ2v) is 6.38. The third kappa shape index (κ3) is 3.83. The second kappa shape index (κ2) is 8.44. The summed E-state index contributed by atoms with van der Waals surface area (Å²) in [6.45, 7) is 2.05. The van der Waals surface area contributed by atoms with Crippen LogP contribution in [0.4, 0.5) is 28.7 Å². The predicted octanol–water partition coefficient (Wildman–Crippen LogP) is 4.27. The summed E-state index contributed by atoms with van der Waals surface area (Å²) in [7, 11) is 0. The van der Waals surface area contributed by atoms with Gasteiger partial charge in [-0.1, -0.05) is 30.3 Å². The maximum Gasteiger partial charge on any atom is 0.340 e. The Kier molecular flexibility index (Phi) is 5.38. The summed E-state index contributed by atoms with van der Waals surface area (Å²) in [5.41, 5.74) is 9.15. The van der Waals surface area contributed by atoms with Gasteiger partial charge in [0.15, 0.2) is 11.6 Å². The molecular weight excluding hydrogens is 380 g/mol. The first-order valence-corrected chi connectivity index (χ1v) is 9.41. The quantitative estimate of drug-likeness (QED) is 0.411. The van der Waals surface area contributed by atoms with Crippen molar-refractivity contribution in [2.24, 2.45) is 0 Å². The van der Waals surface area contributed by atoms with Crippen LogP contribution in [-0.4, -0.2) is 27.5 Å². The molecular formula is C22H20N6O2. The van der Waals surface area contributed by atoms with Gasteiger partial charge in [0.25, 0.3) is 0 Å². The number of carbonyl (C=O) groups is 1. The first-order valence-electron chi connectivity index (χ1n) is 9.41. The molecule has 0 fully saturated rings. The van der Waals surface area contributed by atoms with Gasteiger partial charge in [-0.15, -0.1) is 0 Å². The number of esters is 1. The van der Waals surface area contributed by atoms with Gasteiger partial charge in [0.1, 0.15) is 12.0 Å². The molecule has 0 bridgehead atoms. The normalized spacial score (nSPS) is 10.6. The van der Waals surface area contributed by atoms with Crippen molar-refractivity contribution >= 4 is 45.6 Å². The van der Waals surface area contributed by atoms with Crippen molar-refractivity contribution in [1.82, 2.24) is 15.0 Å². The number of pyridine rings is 1. The van der Waals surface area contributed by atoms with Crippen LogP contribution in [0.25, 0.3) is 10.9 Å². The highest BCUT2D eigenvalue weighted by Gasteiger charge is 2.15. The first-order chi connectivity index (χ1) is 14.7. The average Bonchev–Trinajstić information content (AvgIpc) is 2.77. The summed E-state index contributed by atoms with van der Waals surface area (Å²) in [6.07, 6.45) is 3.13. The van der Waals surface area contributed by atoms with Crippen molar-refractivity contribution in [2.75, 3.05) is 23.0 Å². The third-order valence-electron chi connectivity index (χ3n) is 4.45. The van der Waals surface area contributed by atoms with Gasteiger partial charge in [-0.2, -0.15) is 0 Å². The zero-order chi connectivity index (χ0) is 20.9. The zero-order valence-electron chi connectivity index (χ0n) is 16.3. The molecule has 0 aliphatic heterocycles. The minimum absolute atomic E-state index is 0.288. The van der Waals surface area contributed by atoms with Crippen LogP contribution in [-0.2, 0) is 4.74 Å². The van der Waals surface area contributed by atoms with Crippen LogP contribution >= 0.6 is 0 Å². The molecule has 0 aliphatic rings. The number of fused-ring (bicyclic) bond motifs is 1. The molecule has 4 aromatic rings. The molecule has 4 rings (SSSR count). The number of rotatable bonds is 6. The van der Waals surface area contributed by atoms with E-state index in [0.29, 0.717) is 28.6 Å². The van der Waals surface area contributed by atoms with Crippen LogP contribution in [0.2, 0.25) is 0 Å². The number of anilines is 5. The number of nitrogens with one attached hydrogen (secondary N) is 2. The van der Waals surface area contributed by atoms with Crippen LogP contribution < -0.4 is 16.4 Å². The molecule has 0 spiro atoms. The Hall–Kier alpha value is -4.20. The number of carbonyl (C=O) groups excluding carboxylic acids is 1. The Balaban J connectivity index is 1.66. The fraction of sp³-hybridized carbons (Fsp3) is 0.0909. The topological polar surface area (TPSA) is 115 Å². The summed E-state index contributed by atoms with van der Waals surface area (Å²) < 4.78 is 5.12. The molecule has 8 heteroatoms. The van der Waals surface area contributed by atoms with E-state index >= 15 is 0 Å². The number of hydrogen-bond acceptors (Lipinski definition) is 8. The highest BCUT2D eigenvalue weighted by Crippen LogP contribution is 2.31. The van der Waals surface area contributed by atoms with E-state index < -0.39 is 5.97 Å². The van der Waals surface area contributed by atoms with Crippen LogP contribution in [0.3, 0.4) is 0 Å². The van der Waals surface area contributed by atoms with E-state index in [1.165, 1.54) is 6.33 Å². The number of nitrogens with zero attached hydrogens (tertiary/aromatic N) is 3. The number of nitrogen functional groups attached to an aromatic ring is 1. The summed E-state index contributed by atoms with van der Waals surface area (Å²) in [5.74, 6) is 0.380. The number of para-hydroxylation sites is 2. The number of ether oxygens (including phenoxy) is 1. The molecule has 0 unspecified atom stereocenters. The Morgan fingerprint density at radius 2 is 1.63 bits per heavy atom. The van der Waals surface area contributed by atoms with Crippen molar-refractivity contribution in [1.29, 1.82) is 0 Å². The molecule has 30 heavy (non-hydrogen) atoms. The molecule has 0 radical (unpaired) electrons. The highest BCUT2D eigenvalue weighted by molar-refractivity contribution is 5.97. The number of benzene rings is 2. The predicted molar refractivity (Wildman–Crippen MR) is 117 cm³/mol. The minimum atomic E-state index is -0.423. The lowest BCUT2D eigenvalue weighted by Gasteiger charge is -2.15. The Labute approximate surface area is 173 Å². The largest absolute Gasteiger partial charge is 0.462 e. The van der Waals surface area contributed by atoms with Crippen LogP contribution in [0.1, 0.15) is 17.3 Å².